The highest BCUT2D eigenvalue weighted by molar-refractivity contribution is 9.11. The molecule has 1 atom stereocenters. The van der Waals surface area contributed by atoms with Crippen molar-refractivity contribution in [1.82, 2.24) is 0 Å². The zero-order valence-corrected chi connectivity index (χ0v) is 5.90. The van der Waals surface area contributed by atoms with Crippen LogP contribution in [0, 0.1) is 5.92 Å². The third-order valence-corrected chi connectivity index (χ3v) is 1.59. The molecular weight excluding hydrogens is 156 g/mol. The molecular formula is C5H9BrO. The van der Waals surface area contributed by atoms with Crippen molar-refractivity contribution in [2.75, 3.05) is 6.61 Å². The van der Waals surface area contributed by atoms with E-state index >= 15 is 0 Å². The minimum absolute atomic E-state index is 0.171. The maximum Gasteiger partial charge on any atom is 0.0502 e. The summed E-state index contributed by atoms with van der Waals surface area (Å²) in [5.74, 6) is 0.181. The van der Waals surface area contributed by atoms with Crippen LogP contribution in [-0.2, 0) is 0 Å². The van der Waals surface area contributed by atoms with Crippen LogP contribution in [0.1, 0.15) is 6.92 Å². The molecule has 2 heteroatoms. The quantitative estimate of drug-likeness (QED) is 0.657. The molecule has 0 saturated heterocycles. The second-order valence-electron chi connectivity index (χ2n) is 1.53. The van der Waals surface area contributed by atoms with E-state index in [9.17, 15) is 0 Å². The second-order valence-corrected chi connectivity index (χ2v) is 2.55. The van der Waals surface area contributed by atoms with E-state index in [4.69, 9.17) is 5.11 Å². The number of halogens is 1. The highest BCUT2D eigenvalue weighted by Gasteiger charge is 1.98. The maximum atomic E-state index is 8.41. The second kappa shape index (κ2) is 3.22. The molecule has 0 aromatic heterocycles. The summed E-state index contributed by atoms with van der Waals surface area (Å²) in [6.07, 6.45) is 0. The molecule has 0 bridgehead atoms. The van der Waals surface area contributed by atoms with Gasteiger partial charge in [-0.15, -0.1) is 0 Å². The van der Waals surface area contributed by atoms with E-state index in [1.807, 2.05) is 6.92 Å². The highest BCUT2D eigenvalue weighted by atomic mass is 79.9. The molecule has 1 nitrogen and oxygen atoms in total. The van der Waals surface area contributed by atoms with Gasteiger partial charge in [-0.3, -0.25) is 0 Å². The molecule has 1 N–H and O–H groups in total. The van der Waals surface area contributed by atoms with Gasteiger partial charge in [0.2, 0.25) is 0 Å². The molecule has 0 aromatic carbocycles. The van der Waals surface area contributed by atoms with Crippen LogP contribution >= 0.6 is 15.9 Å². The number of aliphatic hydroxyl groups is 1. The third kappa shape index (κ3) is 2.83. The topological polar surface area (TPSA) is 20.2 Å². The Morgan fingerprint density at radius 2 is 2.43 bits per heavy atom. The fourth-order valence-corrected chi connectivity index (χ4v) is 0.244. The van der Waals surface area contributed by atoms with Gasteiger partial charge in [0.15, 0.2) is 0 Å². The van der Waals surface area contributed by atoms with E-state index in [-0.39, 0.29) is 12.5 Å². The summed E-state index contributed by atoms with van der Waals surface area (Å²) < 4.78 is 0.856. The Morgan fingerprint density at radius 1 is 2.00 bits per heavy atom. The molecule has 0 radical (unpaired) electrons. The highest BCUT2D eigenvalue weighted by Crippen LogP contribution is 2.12. The Hall–Kier alpha value is 0.180. The monoisotopic (exact) mass is 164 g/mol. The normalized spacial score (nSPS) is 13.6. The van der Waals surface area contributed by atoms with E-state index in [1.54, 1.807) is 0 Å². The molecule has 0 fully saturated rings. The van der Waals surface area contributed by atoms with Crippen molar-refractivity contribution in [3.63, 3.8) is 0 Å². The summed E-state index contributed by atoms with van der Waals surface area (Å²) in [5.41, 5.74) is 0. The van der Waals surface area contributed by atoms with Gasteiger partial charge in [-0.05, 0) is 4.48 Å². The van der Waals surface area contributed by atoms with Crippen molar-refractivity contribution in [3.05, 3.63) is 11.1 Å². The van der Waals surface area contributed by atoms with Gasteiger partial charge in [-0.2, -0.15) is 0 Å². The average Bonchev–Trinajstić information content (AvgIpc) is 1.65. The van der Waals surface area contributed by atoms with E-state index < -0.39 is 0 Å². The Morgan fingerprint density at radius 3 is 2.43 bits per heavy atom. The van der Waals surface area contributed by atoms with Gasteiger partial charge < -0.3 is 5.11 Å². The van der Waals surface area contributed by atoms with Crippen LogP contribution in [-0.4, -0.2) is 11.7 Å². The van der Waals surface area contributed by atoms with E-state index in [0.29, 0.717) is 0 Å². The smallest absolute Gasteiger partial charge is 0.0502 e. The molecule has 0 amide bonds. The Labute approximate surface area is 52.2 Å². The Kier molecular flexibility index (Phi) is 3.30. The van der Waals surface area contributed by atoms with Crippen molar-refractivity contribution in [3.8, 4) is 0 Å². The van der Waals surface area contributed by atoms with Crippen LogP contribution in [0.2, 0.25) is 0 Å². The summed E-state index contributed by atoms with van der Waals surface area (Å²) in [7, 11) is 0. The molecule has 7 heavy (non-hydrogen) atoms. The molecule has 0 saturated carbocycles. The lowest BCUT2D eigenvalue weighted by Gasteiger charge is -2.01. The summed E-state index contributed by atoms with van der Waals surface area (Å²) in [4.78, 5) is 0. The number of hydrogen-bond acceptors (Lipinski definition) is 1. The Balaban J connectivity index is 3.34. The summed E-state index contributed by atoms with van der Waals surface area (Å²) >= 11 is 3.15. The fourth-order valence-electron chi connectivity index (χ4n) is 0.0991. The van der Waals surface area contributed by atoms with Crippen LogP contribution in [0.15, 0.2) is 11.1 Å². The number of hydrogen-bond donors (Lipinski definition) is 1. The zero-order valence-electron chi connectivity index (χ0n) is 4.32. The van der Waals surface area contributed by atoms with Gasteiger partial charge in [0.25, 0.3) is 0 Å². The van der Waals surface area contributed by atoms with Crippen LogP contribution in [0.4, 0.5) is 0 Å². The molecule has 1 unspecified atom stereocenters. The van der Waals surface area contributed by atoms with E-state index in [2.05, 4.69) is 22.5 Å². The third-order valence-electron chi connectivity index (χ3n) is 0.809. The first-order chi connectivity index (χ1) is 3.18. The van der Waals surface area contributed by atoms with E-state index in [0.717, 1.165) is 4.48 Å². The molecule has 0 heterocycles. The van der Waals surface area contributed by atoms with E-state index in [1.165, 1.54) is 0 Å². The SMILES string of the molecule is C=C(Br)C(C)CO. The predicted molar refractivity (Wildman–Crippen MR) is 34.3 cm³/mol. The molecule has 0 rings (SSSR count). The fraction of sp³-hybridized carbons (Fsp3) is 0.600. The molecule has 0 aromatic rings. The lowest BCUT2D eigenvalue weighted by molar-refractivity contribution is 0.261. The summed E-state index contributed by atoms with van der Waals surface area (Å²) in [6, 6.07) is 0. The maximum absolute atomic E-state index is 8.41. The van der Waals surface area contributed by atoms with Crippen LogP contribution < -0.4 is 0 Å². The predicted octanol–water partition coefficient (Wildman–Crippen LogP) is 1.52. The Bertz CT molecular complexity index is 70.5. The van der Waals surface area contributed by atoms with Crippen molar-refractivity contribution in [2.24, 2.45) is 5.92 Å². The van der Waals surface area contributed by atoms with Gasteiger partial charge in [0, 0.05) is 5.92 Å². The largest absolute Gasteiger partial charge is 0.396 e. The van der Waals surface area contributed by atoms with Gasteiger partial charge in [-0.1, -0.05) is 29.4 Å². The number of rotatable bonds is 2. The average molecular weight is 165 g/mol. The minimum Gasteiger partial charge on any atom is -0.396 e. The molecule has 0 aliphatic heterocycles. The van der Waals surface area contributed by atoms with Gasteiger partial charge >= 0.3 is 0 Å². The standard InChI is InChI=1S/C5H9BrO/c1-4(3-7)5(2)6/h4,7H,2-3H2,1H3. The molecule has 42 valence electrons. The van der Waals surface area contributed by atoms with Crippen LogP contribution in [0.5, 0.6) is 0 Å². The van der Waals surface area contributed by atoms with Crippen molar-refractivity contribution >= 4 is 15.9 Å². The molecule has 0 spiro atoms. The van der Waals surface area contributed by atoms with Crippen LogP contribution in [0.25, 0.3) is 0 Å². The van der Waals surface area contributed by atoms with Crippen LogP contribution in [0.3, 0.4) is 0 Å². The lowest BCUT2D eigenvalue weighted by atomic mass is 10.2. The van der Waals surface area contributed by atoms with Crippen molar-refractivity contribution in [1.29, 1.82) is 0 Å². The summed E-state index contributed by atoms with van der Waals surface area (Å²) in [6.45, 7) is 5.65. The first kappa shape index (κ1) is 7.18. The van der Waals surface area contributed by atoms with Gasteiger partial charge in [0.05, 0.1) is 6.61 Å². The molecule has 0 aliphatic rings. The minimum atomic E-state index is 0.171. The summed E-state index contributed by atoms with van der Waals surface area (Å²) in [5, 5.41) is 8.41. The molecule has 0 aliphatic carbocycles. The zero-order chi connectivity index (χ0) is 5.86. The first-order valence-corrected chi connectivity index (χ1v) is 2.93. The lowest BCUT2D eigenvalue weighted by Crippen LogP contribution is -1.97. The van der Waals surface area contributed by atoms with Crippen molar-refractivity contribution < 1.29 is 5.11 Å². The van der Waals surface area contributed by atoms with Gasteiger partial charge in [0.1, 0.15) is 0 Å². The van der Waals surface area contributed by atoms with Gasteiger partial charge in [-0.25, -0.2) is 0 Å². The van der Waals surface area contributed by atoms with Crippen molar-refractivity contribution in [2.45, 2.75) is 6.92 Å². The first-order valence-electron chi connectivity index (χ1n) is 2.13. The number of aliphatic hydroxyl groups excluding tert-OH is 1.